The summed E-state index contributed by atoms with van der Waals surface area (Å²) in [5.41, 5.74) is 0. The Kier molecular flexibility index (Phi) is 114. The summed E-state index contributed by atoms with van der Waals surface area (Å²) < 4.78 is 0.978. The molecule has 0 fully saturated rings. The van der Waals surface area contributed by atoms with Crippen molar-refractivity contribution < 1.29 is 0 Å². The van der Waals surface area contributed by atoms with E-state index < -0.39 is 0 Å². The van der Waals surface area contributed by atoms with Crippen molar-refractivity contribution in [1.29, 1.82) is 0 Å². The Labute approximate surface area is 627 Å². The highest BCUT2D eigenvalue weighted by molar-refractivity contribution is 9.64. The molecule has 0 nitrogen and oxygen atoms in total. The molecule has 0 saturated heterocycles. The average molecular weight is 2080 g/mol. The topological polar surface area (TPSA) is 0 Å². The lowest BCUT2D eigenvalue weighted by Crippen LogP contribution is -1.64. The van der Waals surface area contributed by atoms with Crippen LogP contribution in [0.2, 0.25) is 0 Å². The van der Waals surface area contributed by atoms with Crippen molar-refractivity contribution in [1.82, 2.24) is 0 Å². The predicted molar refractivity (Wildman–Crippen MR) is 498 cm³/mol. The van der Waals surface area contributed by atoms with Gasteiger partial charge < -0.3 is 0 Å². The minimum Gasteiger partial charge on any atom is -0.0988 e. The Morgan fingerprint density at radius 2 is 0.273 bits per heavy atom. The molecule has 396 valence electrons. The largest absolute Gasteiger partial charge is 0.0988 e. The third-order valence-electron chi connectivity index (χ3n) is 1.82. The van der Waals surface area contributed by atoms with Crippen molar-refractivity contribution in [3.8, 4) is 0 Å². The van der Waals surface area contributed by atoms with Gasteiger partial charge in [0.2, 0.25) is 0 Å². The van der Waals surface area contributed by atoms with Crippen LogP contribution in [0.25, 0.3) is 0 Å². The lowest BCUT2D eigenvalue weighted by molar-refractivity contribution is 2.12. The van der Waals surface area contributed by atoms with Crippen LogP contribution in [0.5, 0.6) is 0 Å². The highest BCUT2D eigenvalue weighted by Gasteiger charge is 2.06. The fraction of sp³-hybridized carbons (Fsp3) is 0.500. The Bertz CT molecular complexity index is 837. The summed E-state index contributed by atoms with van der Waals surface area (Å²) in [5.74, 6) is 0. The van der Waals surface area contributed by atoms with Crippen LogP contribution in [-0.4, -0.2) is 4.20 Å². The lowest BCUT2D eigenvalue weighted by atomic mass is 11.0. The monoisotopic (exact) mass is 2070 g/mol. The molecule has 0 radical (unpaired) electrons. The summed E-state index contributed by atoms with van der Waals surface area (Å²) >= 11 is 9.14. The standard InChI is InChI=1S/C2H4S64/c1-2(3)5-7-9-11-13-15-17-19-21-23-25-27-29-31-33-35-37-39-41-43-45-47-49-51-53-55-57-59-61-63-65-66-64-62-60-58-56-54-52-50-48-46-44-42-40-38-36-34-32-30-28-26-24-22-20-18-16-14-12-10-8-6-4/h4H,1H3. The average Bonchev–Trinajstić information content (AvgIpc) is 3.32. The van der Waals surface area contributed by atoms with E-state index in [1.807, 2.05) is 498 Å². The van der Waals surface area contributed by atoms with E-state index in [-0.39, 0.29) is 0 Å². The SMILES string of the molecule is CC(=S)SSSSSSSSSSSSSSSSSSSSSSSSSSSSSSSSSSSSSSSSSSSSSSSSSSSSSSSSSSSSSSS. The molecule has 0 aliphatic carbocycles. The van der Waals surface area contributed by atoms with E-state index in [1.54, 1.807) is 109 Å². The number of thiol groups is 1. The first kappa shape index (κ1) is 88.1. The van der Waals surface area contributed by atoms with Crippen LogP contribution in [0.3, 0.4) is 0 Å². The van der Waals surface area contributed by atoms with Gasteiger partial charge in [0.05, 0.1) is 4.20 Å². The van der Waals surface area contributed by atoms with E-state index >= 15 is 0 Å². The molecule has 0 atom stereocenters. The quantitative estimate of drug-likeness (QED) is 0.0266. The molecular weight excluding hydrogens is 2080 g/mol. The highest BCUT2D eigenvalue weighted by Crippen LogP contribution is 2.70. The number of hydrogen-bond donors (Lipinski definition) is 1. The van der Waals surface area contributed by atoms with Gasteiger partial charge in [0, 0.05) is 442 Å². The van der Waals surface area contributed by atoms with Crippen LogP contribution in [0, 0.1) is 0 Å². The molecule has 0 bridgehead atoms. The molecular formula is C2H4S64. The second kappa shape index (κ2) is 85.2. The van der Waals surface area contributed by atoms with Gasteiger partial charge in [0.1, 0.15) is 0 Å². The maximum atomic E-state index is 5.05. The second-order valence-corrected chi connectivity index (χ2v) is 115. The summed E-state index contributed by atoms with van der Waals surface area (Å²) in [5, 5.41) is 0. The Morgan fingerprint density at radius 1 is 0.182 bits per heavy atom. The maximum Gasteiger partial charge on any atom is 0.0564 e. The predicted octanol–water partition coefficient (Wildman–Crippen LogP) is 41.5. The summed E-state index contributed by atoms with van der Waals surface area (Å²) in [4.78, 5) is 0. The molecule has 0 aromatic carbocycles. The molecule has 0 aromatic rings. The first-order chi connectivity index (χ1) is 32.8. The van der Waals surface area contributed by atoms with E-state index in [2.05, 4.69) is 11.7 Å². The van der Waals surface area contributed by atoms with E-state index in [9.17, 15) is 0 Å². The minimum absolute atomic E-state index is 0.978. The number of thiocarbonyl (C=S) groups is 1. The second-order valence-electron chi connectivity index (χ2n) is 4.73. The molecule has 0 spiro atoms. The Hall–Kier alpha value is 22.1. The van der Waals surface area contributed by atoms with Gasteiger partial charge in [-0.15, -0.1) is 0 Å². The molecule has 0 heterocycles. The van der Waals surface area contributed by atoms with Gasteiger partial charge in [-0.05, 0) is 175 Å². The van der Waals surface area contributed by atoms with Crippen molar-refractivity contribution in [2.45, 2.75) is 6.92 Å². The number of rotatable bonds is 61. The van der Waals surface area contributed by atoms with Gasteiger partial charge in [-0.2, -0.15) is 0 Å². The van der Waals surface area contributed by atoms with Gasteiger partial charge in [0.25, 0.3) is 0 Å². The third-order valence-corrected chi connectivity index (χ3v) is 138. The molecule has 0 unspecified atom stereocenters. The molecule has 0 rings (SSSR count). The molecule has 66 heavy (non-hydrogen) atoms. The van der Waals surface area contributed by atoms with E-state index in [4.69, 9.17) is 12.2 Å². The Morgan fingerprint density at radius 3 is 0.364 bits per heavy atom. The molecule has 0 aliphatic heterocycles. The van der Waals surface area contributed by atoms with E-state index in [1.165, 1.54) is 9.83 Å². The lowest BCUT2D eigenvalue weighted by Gasteiger charge is -2.00. The van der Waals surface area contributed by atoms with Gasteiger partial charge in [-0.3, -0.25) is 0 Å². The van der Waals surface area contributed by atoms with Crippen LogP contribution in [0.15, 0.2) is 0 Å². The highest BCUT2D eigenvalue weighted by atomic mass is 34.1. The number of hydrogen-bond acceptors (Lipinski definition) is 64. The zero-order chi connectivity index (χ0) is 47.4. The van der Waals surface area contributed by atoms with Crippen molar-refractivity contribution in [3.05, 3.63) is 0 Å². The molecule has 64 heteroatoms. The van der Waals surface area contributed by atoms with Crippen LogP contribution >= 0.6 is 634 Å². The normalized spacial score (nSPS) is 11.7. The first-order valence-corrected chi connectivity index (χ1v) is 94.9. The molecule has 0 saturated carbocycles. The van der Waals surface area contributed by atoms with Crippen LogP contribution in [0.1, 0.15) is 6.92 Å². The third kappa shape index (κ3) is 86.1. The van der Waals surface area contributed by atoms with Gasteiger partial charge in [-0.25, -0.2) is 0 Å². The first-order valence-electron chi connectivity index (χ1n) is 11.3. The molecule has 0 amide bonds. The summed E-state index contributed by atoms with van der Waals surface area (Å²) in [6.07, 6.45) is 0. The smallest absolute Gasteiger partial charge is 0.0564 e. The molecule has 0 N–H and O–H groups in total. The fourth-order valence-electron chi connectivity index (χ4n) is 0.732. The minimum atomic E-state index is 0.978. The van der Waals surface area contributed by atoms with E-state index in [0.717, 1.165) is 4.20 Å². The maximum absolute atomic E-state index is 5.05. The van der Waals surface area contributed by atoms with Crippen molar-refractivity contribution in [2.24, 2.45) is 0 Å². The van der Waals surface area contributed by atoms with Gasteiger partial charge in [0.15, 0.2) is 0 Å². The van der Waals surface area contributed by atoms with Crippen molar-refractivity contribution in [3.63, 3.8) is 0 Å². The van der Waals surface area contributed by atoms with E-state index in [0.29, 0.717) is 0 Å². The molecule has 0 aromatic heterocycles. The summed E-state index contributed by atoms with van der Waals surface area (Å²) in [7, 11) is 112. The van der Waals surface area contributed by atoms with Crippen LogP contribution < -0.4 is 0 Å². The molecule has 0 aliphatic rings. The van der Waals surface area contributed by atoms with Crippen LogP contribution in [0.4, 0.5) is 0 Å². The zero-order valence-electron chi connectivity index (χ0n) is 27.7. The van der Waals surface area contributed by atoms with Crippen LogP contribution in [-0.2, 0) is 0 Å². The van der Waals surface area contributed by atoms with Gasteiger partial charge >= 0.3 is 0 Å². The van der Waals surface area contributed by atoms with Crippen molar-refractivity contribution >= 4 is 638 Å². The van der Waals surface area contributed by atoms with Gasteiger partial charge in [-0.1, -0.05) is 23.9 Å². The van der Waals surface area contributed by atoms with Crippen molar-refractivity contribution in [2.75, 3.05) is 0 Å². The summed E-state index contributed by atoms with van der Waals surface area (Å²) in [6.45, 7) is 1.96. The fourth-order valence-corrected chi connectivity index (χ4v) is 166. The zero-order valence-corrected chi connectivity index (χ0v) is 80.0. The summed E-state index contributed by atoms with van der Waals surface area (Å²) in [6, 6.07) is 0. The Balaban J connectivity index is 3.07.